The lowest BCUT2D eigenvalue weighted by Crippen LogP contribution is -2.10. The van der Waals surface area contributed by atoms with Gasteiger partial charge in [0.25, 0.3) is 5.91 Å². The molecule has 0 saturated carbocycles. The van der Waals surface area contributed by atoms with Gasteiger partial charge in [-0.1, -0.05) is 48.5 Å². The number of fused-ring (bicyclic) bond motifs is 1. The van der Waals surface area contributed by atoms with E-state index in [0.717, 1.165) is 10.9 Å². The van der Waals surface area contributed by atoms with Gasteiger partial charge in [-0.05, 0) is 36.4 Å². The Labute approximate surface area is 145 Å². The van der Waals surface area contributed by atoms with Gasteiger partial charge < -0.3 is 0 Å². The summed E-state index contributed by atoms with van der Waals surface area (Å²) in [5.41, 5.74) is 2.69. The Bertz CT molecular complexity index is 1060. The van der Waals surface area contributed by atoms with Crippen LogP contribution in [0.2, 0.25) is 0 Å². The van der Waals surface area contributed by atoms with Gasteiger partial charge >= 0.3 is 0 Å². The first kappa shape index (κ1) is 15.1. The first-order valence-electron chi connectivity index (χ1n) is 8.05. The second-order valence-electron chi connectivity index (χ2n) is 5.83. The van der Waals surface area contributed by atoms with Gasteiger partial charge in [-0.25, -0.2) is 0 Å². The maximum absolute atomic E-state index is 12.7. The Morgan fingerprint density at radius 3 is 1.96 bits per heavy atom. The van der Waals surface area contributed by atoms with E-state index in [1.165, 1.54) is 0 Å². The number of hydrogen-bond donors (Lipinski definition) is 0. The van der Waals surface area contributed by atoms with E-state index in [1.54, 1.807) is 41.1 Å². The van der Waals surface area contributed by atoms with E-state index >= 15 is 0 Å². The second-order valence-corrected chi connectivity index (χ2v) is 5.83. The quantitative estimate of drug-likeness (QED) is 0.518. The van der Waals surface area contributed by atoms with Gasteiger partial charge in [-0.3, -0.25) is 14.2 Å². The number of hydrogen-bond acceptors (Lipinski definition) is 2. The van der Waals surface area contributed by atoms with Crippen LogP contribution in [-0.4, -0.2) is 16.3 Å². The average Bonchev–Trinajstić information content (AvgIpc) is 3.11. The topological polar surface area (TPSA) is 39.1 Å². The summed E-state index contributed by atoms with van der Waals surface area (Å²) in [7, 11) is 0. The molecule has 0 atom stereocenters. The predicted molar refractivity (Wildman–Crippen MR) is 98.0 cm³/mol. The van der Waals surface area contributed by atoms with Crippen molar-refractivity contribution in [3.05, 3.63) is 108 Å². The molecule has 0 bridgehead atoms. The molecule has 0 radical (unpaired) electrons. The Hall–Kier alpha value is -3.46. The van der Waals surface area contributed by atoms with Gasteiger partial charge in [0.15, 0.2) is 5.78 Å². The van der Waals surface area contributed by atoms with E-state index < -0.39 is 0 Å². The molecular weight excluding hydrogens is 310 g/mol. The second kappa shape index (κ2) is 6.21. The van der Waals surface area contributed by atoms with E-state index in [4.69, 9.17) is 0 Å². The summed E-state index contributed by atoms with van der Waals surface area (Å²) in [6, 6.07) is 25.6. The molecule has 0 fully saturated rings. The van der Waals surface area contributed by atoms with Crippen LogP contribution in [0.25, 0.3) is 10.9 Å². The smallest absolute Gasteiger partial charge is 0.262 e. The zero-order valence-electron chi connectivity index (χ0n) is 13.4. The summed E-state index contributed by atoms with van der Waals surface area (Å²) in [6.45, 7) is 0. The van der Waals surface area contributed by atoms with Crippen LogP contribution in [-0.2, 0) is 0 Å². The molecule has 1 aromatic heterocycles. The van der Waals surface area contributed by atoms with Crippen LogP contribution in [0.15, 0.2) is 91.1 Å². The normalized spacial score (nSPS) is 10.7. The lowest BCUT2D eigenvalue weighted by Gasteiger charge is -2.05. The van der Waals surface area contributed by atoms with E-state index in [1.807, 2.05) is 54.6 Å². The highest BCUT2D eigenvalue weighted by atomic mass is 16.2. The summed E-state index contributed by atoms with van der Waals surface area (Å²) in [5.74, 6) is -0.109. The molecule has 3 heteroatoms. The fourth-order valence-electron chi connectivity index (χ4n) is 2.94. The van der Waals surface area contributed by atoms with Crippen LogP contribution >= 0.6 is 0 Å². The Balaban J connectivity index is 1.72. The van der Waals surface area contributed by atoms with Crippen molar-refractivity contribution in [3.63, 3.8) is 0 Å². The molecular formula is C22H15NO2. The molecule has 4 rings (SSSR count). The van der Waals surface area contributed by atoms with Crippen LogP contribution in [0.5, 0.6) is 0 Å². The molecule has 4 aromatic rings. The zero-order chi connectivity index (χ0) is 17.2. The van der Waals surface area contributed by atoms with E-state index in [-0.39, 0.29) is 11.7 Å². The lowest BCUT2D eigenvalue weighted by molar-refractivity contribution is 0.0964. The van der Waals surface area contributed by atoms with Crippen molar-refractivity contribution in [2.75, 3.05) is 0 Å². The molecule has 0 spiro atoms. The maximum atomic E-state index is 12.7. The largest absolute Gasteiger partial charge is 0.289 e. The number of carbonyl (C=O) groups is 2. The Kier molecular flexibility index (Phi) is 3.75. The van der Waals surface area contributed by atoms with Crippen molar-refractivity contribution in [3.8, 4) is 0 Å². The van der Waals surface area contributed by atoms with Gasteiger partial charge in [0.05, 0.1) is 5.52 Å². The van der Waals surface area contributed by atoms with Gasteiger partial charge in [-0.15, -0.1) is 0 Å². The van der Waals surface area contributed by atoms with Crippen LogP contribution in [0.4, 0.5) is 0 Å². The van der Waals surface area contributed by atoms with Crippen molar-refractivity contribution >= 4 is 22.6 Å². The lowest BCUT2D eigenvalue weighted by atomic mass is 10.0. The van der Waals surface area contributed by atoms with Crippen molar-refractivity contribution in [1.29, 1.82) is 0 Å². The standard InChI is InChI=1S/C22H15NO2/c24-21(16-7-3-1-4-8-16)19-11-12-20-18(15-19)13-14-23(20)22(25)17-9-5-2-6-10-17/h1-15H. The molecule has 0 amide bonds. The monoisotopic (exact) mass is 325 g/mol. The summed E-state index contributed by atoms with van der Waals surface area (Å²) in [5, 5.41) is 0.867. The summed E-state index contributed by atoms with van der Waals surface area (Å²) in [4.78, 5) is 25.2. The van der Waals surface area contributed by atoms with E-state index in [2.05, 4.69) is 0 Å². The van der Waals surface area contributed by atoms with E-state index in [0.29, 0.717) is 16.7 Å². The highest BCUT2D eigenvalue weighted by Gasteiger charge is 2.14. The van der Waals surface area contributed by atoms with Crippen molar-refractivity contribution in [2.45, 2.75) is 0 Å². The summed E-state index contributed by atoms with van der Waals surface area (Å²) < 4.78 is 1.61. The number of nitrogens with zero attached hydrogens (tertiary/aromatic N) is 1. The zero-order valence-corrected chi connectivity index (χ0v) is 13.4. The maximum Gasteiger partial charge on any atom is 0.262 e. The van der Waals surface area contributed by atoms with Crippen LogP contribution in [0, 0.1) is 0 Å². The molecule has 0 aliphatic heterocycles. The first-order valence-corrected chi connectivity index (χ1v) is 8.05. The van der Waals surface area contributed by atoms with Crippen molar-refractivity contribution in [1.82, 2.24) is 4.57 Å². The molecule has 0 N–H and O–H groups in total. The first-order chi connectivity index (χ1) is 12.2. The van der Waals surface area contributed by atoms with Gasteiger partial charge in [0.2, 0.25) is 0 Å². The third-order valence-electron chi connectivity index (χ3n) is 4.23. The highest BCUT2D eigenvalue weighted by Crippen LogP contribution is 2.21. The van der Waals surface area contributed by atoms with Crippen LogP contribution in [0.3, 0.4) is 0 Å². The minimum atomic E-state index is -0.0854. The minimum absolute atomic E-state index is 0.0235. The molecule has 25 heavy (non-hydrogen) atoms. The predicted octanol–water partition coefficient (Wildman–Crippen LogP) is 4.56. The van der Waals surface area contributed by atoms with E-state index in [9.17, 15) is 9.59 Å². The Morgan fingerprint density at radius 1 is 0.640 bits per heavy atom. The molecule has 0 unspecified atom stereocenters. The molecule has 0 saturated heterocycles. The summed E-state index contributed by atoms with van der Waals surface area (Å²) >= 11 is 0. The number of carbonyl (C=O) groups excluding carboxylic acids is 2. The molecule has 3 nitrogen and oxygen atoms in total. The average molecular weight is 325 g/mol. The van der Waals surface area contributed by atoms with Gasteiger partial charge in [0, 0.05) is 28.3 Å². The third-order valence-corrected chi connectivity index (χ3v) is 4.23. The van der Waals surface area contributed by atoms with Crippen molar-refractivity contribution < 1.29 is 9.59 Å². The highest BCUT2D eigenvalue weighted by molar-refractivity contribution is 6.11. The number of aromatic nitrogens is 1. The molecule has 3 aromatic carbocycles. The fraction of sp³-hybridized carbons (Fsp3) is 0. The molecule has 1 heterocycles. The number of rotatable bonds is 3. The number of benzene rings is 3. The van der Waals surface area contributed by atoms with Crippen LogP contribution < -0.4 is 0 Å². The SMILES string of the molecule is O=C(c1ccccc1)c1ccc2c(ccn2C(=O)c2ccccc2)c1. The molecule has 0 aliphatic rings. The molecule has 0 aliphatic carbocycles. The minimum Gasteiger partial charge on any atom is -0.289 e. The van der Waals surface area contributed by atoms with Crippen LogP contribution in [0.1, 0.15) is 26.3 Å². The fourth-order valence-corrected chi connectivity index (χ4v) is 2.94. The van der Waals surface area contributed by atoms with Crippen molar-refractivity contribution in [2.24, 2.45) is 0 Å². The Morgan fingerprint density at radius 2 is 1.28 bits per heavy atom. The number of ketones is 1. The third kappa shape index (κ3) is 2.76. The molecule has 120 valence electrons. The van der Waals surface area contributed by atoms with Gasteiger partial charge in [0.1, 0.15) is 0 Å². The summed E-state index contributed by atoms with van der Waals surface area (Å²) in [6.07, 6.45) is 1.75. The van der Waals surface area contributed by atoms with Gasteiger partial charge in [-0.2, -0.15) is 0 Å².